The van der Waals surface area contributed by atoms with Crippen molar-refractivity contribution in [1.29, 1.82) is 0 Å². The highest BCUT2D eigenvalue weighted by Crippen LogP contribution is 2.33. The molecule has 1 aromatic heterocycles. The van der Waals surface area contributed by atoms with Gasteiger partial charge in [0.2, 0.25) is 0 Å². The number of hydrogen-bond donors (Lipinski definition) is 2. The van der Waals surface area contributed by atoms with E-state index in [-0.39, 0.29) is 5.92 Å². The van der Waals surface area contributed by atoms with Crippen molar-refractivity contribution in [3.63, 3.8) is 0 Å². The van der Waals surface area contributed by atoms with Crippen LogP contribution in [0.25, 0.3) is 10.9 Å². The van der Waals surface area contributed by atoms with Crippen LogP contribution in [0.3, 0.4) is 0 Å². The SMILES string of the molecule is Cc1c(C)n(CCN)c2c(C(C)C)cc(C(=O)O)cc12. The van der Waals surface area contributed by atoms with E-state index in [1.807, 2.05) is 6.92 Å². The first kappa shape index (κ1) is 14.6. The molecule has 0 saturated carbocycles. The van der Waals surface area contributed by atoms with Gasteiger partial charge >= 0.3 is 5.97 Å². The minimum atomic E-state index is -0.877. The molecule has 0 fully saturated rings. The highest BCUT2D eigenvalue weighted by atomic mass is 16.4. The zero-order chi connectivity index (χ0) is 15.0. The van der Waals surface area contributed by atoms with Crippen molar-refractivity contribution < 1.29 is 9.90 Å². The maximum absolute atomic E-state index is 11.3. The van der Waals surface area contributed by atoms with Crippen LogP contribution in [-0.4, -0.2) is 22.2 Å². The van der Waals surface area contributed by atoms with E-state index in [1.165, 1.54) is 0 Å². The number of rotatable bonds is 4. The Bertz CT molecular complexity index is 669. The van der Waals surface area contributed by atoms with Crippen LogP contribution in [0.15, 0.2) is 12.1 Å². The summed E-state index contributed by atoms with van der Waals surface area (Å²) in [5.41, 5.74) is 10.6. The summed E-state index contributed by atoms with van der Waals surface area (Å²) in [5, 5.41) is 10.3. The molecule has 0 saturated heterocycles. The van der Waals surface area contributed by atoms with Gasteiger partial charge in [-0.1, -0.05) is 13.8 Å². The van der Waals surface area contributed by atoms with Gasteiger partial charge < -0.3 is 15.4 Å². The lowest BCUT2D eigenvalue weighted by Gasteiger charge is -2.14. The van der Waals surface area contributed by atoms with Crippen LogP contribution in [0, 0.1) is 13.8 Å². The van der Waals surface area contributed by atoms with E-state index >= 15 is 0 Å². The summed E-state index contributed by atoms with van der Waals surface area (Å²) in [4.78, 5) is 11.3. The number of carbonyl (C=O) groups is 1. The Morgan fingerprint density at radius 1 is 1.35 bits per heavy atom. The summed E-state index contributed by atoms with van der Waals surface area (Å²) in [5.74, 6) is -0.612. The van der Waals surface area contributed by atoms with Crippen LogP contribution in [0.5, 0.6) is 0 Å². The van der Waals surface area contributed by atoms with E-state index in [2.05, 4.69) is 25.3 Å². The van der Waals surface area contributed by atoms with Gasteiger partial charge in [0.25, 0.3) is 0 Å². The van der Waals surface area contributed by atoms with E-state index in [9.17, 15) is 9.90 Å². The molecule has 3 N–H and O–H groups in total. The van der Waals surface area contributed by atoms with Gasteiger partial charge in [-0.15, -0.1) is 0 Å². The van der Waals surface area contributed by atoms with Crippen LogP contribution in [-0.2, 0) is 6.54 Å². The molecule has 20 heavy (non-hydrogen) atoms. The maximum Gasteiger partial charge on any atom is 0.335 e. The van der Waals surface area contributed by atoms with E-state index in [4.69, 9.17) is 5.73 Å². The molecule has 0 aliphatic rings. The average Bonchev–Trinajstić information content (AvgIpc) is 2.63. The van der Waals surface area contributed by atoms with Gasteiger partial charge in [-0.3, -0.25) is 0 Å². The number of nitrogens with two attached hydrogens (primary N) is 1. The van der Waals surface area contributed by atoms with Crippen molar-refractivity contribution in [3.8, 4) is 0 Å². The molecule has 1 heterocycles. The van der Waals surface area contributed by atoms with E-state index in [0.717, 1.165) is 34.3 Å². The summed E-state index contributed by atoms with van der Waals surface area (Å²) in [7, 11) is 0. The second-order valence-electron chi connectivity index (χ2n) is 5.57. The van der Waals surface area contributed by atoms with E-state index in [1.54, 1.807) is 12.1 Å². The van der Waals surface area contributed by atoms with Crippen LogP contribution in [0.1, 0.15) is 46.9 Å². The van der Waals surface area contributed by atoms with Crippen molar-refractivity contribution in [3.05, 3.63) is 34.5 Å². The summed E-state index contributed by atoms with van der Waals surface area (Å²) >= 11 is 0. The summed E-state index contributed by atoms with van der Waals surface area (Å²) in [6.07, 6.45) is 0. The van der Waals surface area contributed by atoms with Crippen molar-refractivity contribution in [1.82, 2.24) is 4.57 Å². The molecule has 0 aliphatic carbocycles. The Kier molecular flexibility index (Phi) is 3.86. The highest BCUT2D eigenvalue weighted by molar-refractivity contribution is 5.97. The fraction of sp³-hybridized carbons (Fsp3) is 0.438. The Morgan fingerprint density at radius 3 is 2.50 bits per heavy atom. The van der Waals surface area contributed by atoms with Crippen molar-refractivity contribution >= 4 is 16.9 Å². The molecule has 0 spiro atoms. The van der Waals surface area contributed by atoms with E-state index < -0.39 is 5.97 Å². The highest BCUT2D eigenvalue weighted by Gasteiger charge is 2.18. The quantitative estimate of drug-likeness (QED) is 0.900. The van der Waals surface area contributed by atoms with Crippen molar-refractivity contribution in [2.75, 3.05) is 6.54 Å². The first-order valence-electron chi connectivity index (χ1n) is 6.95. The first-order chi connectivity index (χ1) is 9.38. The number of aromatic nitrogens is 1. The Hall–Kier alpha value is -1.81. The second kappa shape index (κ2) is 5.29. The number of carboxylic acid groups (broad SMARTS) is 1. The molecule has 0 atom stereocenters. The van der Waals surface area contributed by atoms with Gasteiger partial charge in [-0.25, -0.2) is 4.79 Å². The molecular weight excluding hydrogens is 252 g/mol. The van der Waals surface area contributed by atoms with Crippen LogP contribution >= 0.6 is 0 Å². The standard InChI is InChI=1S/C16H22N2O2/c1-9(2)13-7-12(16(19)20)8-14-10(3)11(4)18(6-5-17)15(13)14/h7-9H,5-6,17H2,1-4H3,(H,19,20). The average molecular weight is 274 g/mol. The third-order valence-corrected chi connectivity index (χ3v) is 3.98. The predicted octanol–water partition coefficient (Wildman–Crippen LogP) is 3.04. The number of aromatic carboxylic acids is 1. The van der Waals surface area contributed by atoms with Crippen molar-refractivity contribution in [2.45, 2.75) is 40.2 Å². The smallest absolute Gasteiger partial charge is 0.335 e. The number of carboxylic acids is 1. The molecule has 0 radical (unpaired) electrons. The molecule has 0 unspecified atom stereocenters. The minimum Gasteiger partial charge on any atom is -0.478 e. The monoisotopic (exact) mass is 274 g/mol. The van der Waals surface area contributed by atoms with Gasteiger partial charge in [0.15, 0.2) is 0 Å². The van der Waals surface area contributed by atoms with E-state index in [0.29, 0.717) is 12.1 Å². The molecule has 2 rings (SSSR count). The van der Waals surface area contributed by atoms with Crippen LogP contribution in [0.4, 0.5) is 0 Å². The summed E-state index contributed by atoms with van der Waals surface area (Å²) < 4.78 is 2.21. The number of benzene rings is 1. The molecular formula is C16H22N2O2. The number of fused-ring (bicyclic) bond motifs is 1. The Morgan fingerprint density at radius 2 is 2.00 bits per heavy atom. The second-order valence-corrected chi connectivity index (χ2v) is 5.57. The van der Waals surface area contributed by atoms with Gasteiger partial charge in [-0.05, 0) is 43.0 Å². The fourth-order valence-corrected chi connectivity index (χ4v) is 2.78. The van der Waals surface area contributed by atoms with Crippen LogP contribution < -0.4 is 5.73 Å². The third kappa shape index (κ3) is 2.20. The molecule has 108 valence electrons. The topological polar surface area (TPSA) is 68.2 Å². The molecule has 2 aromatic rings. The fourth-order valence-electron chi connectivity index (χ4n) is 2.78. The Labute approximate surface area is 119 Å². The van der Waals surface area contributed by atoms with Gasteiger partial charge in [0.1, 0.15) is 0 Å². The van der Waals surface area contributed by atoms with Crippen molar-refractivity contribution in [2.24, 2.45) is 5.73 Å². The zero-order valence-electron chi connectivity index (χ0n) is 12.5. The largest absolute Gasteiger partial charge is 0.478 e. The molecule has 4 heteroatoms. The molecule has 0 amide bonds. The zero-order valence-corrected chi connectivity index (χ0v) is 12.5. The number of nitrogens with zero attached hydrogens (tertiary/aromatic N) is 1. The lowest BCUT2D eigenvalue weighted by molar-refractivity contribution is 0.0697. The molecule has 1 aromatic carbocycles. The van der Waals surface area contributed by atoms with Gasteiger partial charge in [0.05, 0.1) is 11.1 Å². The third-order valence-electron chi connectivity index (χ3n) is 3.98. The van der Waals surface area contributed by atoms with Crippen LogP contribution in [0.2, 0.25) is 0 Å². The molecule has 4 nitrogen and oxygen atoms in total. The predicted molar refractivity (Wildman–Crippen MR) is 81.5 cm³/mol. The minimum absolute atomic E-state index is 0.266. The summed E-state index contributed by atoms with van der Waals surface area (Å²) in [6.45, 7) is 9.61. The molecule has 0 bridgehead atoms. The van der Waals surface area contributed by atoms with Gasteiger partial charge in [0, 0.05) is 24.2 Å². The normalized spacial score (nSPS) is 11.5. The summed E-state index contributed by atoms with van der Waals surface area (Å²) in [6, 6.07) is 3.57. The maximum atomic E-state index is 11.3. The lowest BCUT2D eigenvalue weighted by atomic mass is 9.96. The number of hydrogen-bond acceptors (Lipinski definition) is 2. The molecule has 0 aliphatic heterocycles. The lowest BCUT2D eigenvalue weighted by Crippen LogP contribution is -2.12. The number of aryl methyl sites for hydroxylation is 1. The first-order valence-corrected chi connectivity index (χ1v) is 6.95. The Balaban J connectivity index is 2.90. The van der Waals surface area contributed by atoms with Gasteiger partial charge in [-0.2, -0.15) is 0 Å².